The third kappa shape index (κ3) is 3.74. The van der Waals surface area contributed by atoms with E-state index in [0.717, 1.165) is 23.9 Å². The standard InChI is InChI=1S/C13H9F3N2O3S/c14-13(15,16)9-2-4-12(17-6-9)22-11-3-1-8(7-19)5-10(11)18(20)21/h1-6,19H,7H2. The van der Waals surface area contributed by atoms with Crippen LogP contribution in [0.3, 0.4) is 0 Å². The summed E-state index contributed by atoms with van der Waals surface area (Å²) in [5, 5.41) is 20.2. The summed E-state index contributed by atoms with van der Waals surface area (Å²) < 4.78 is 37.3. The van der Waals surface area contributed by atoms with Gasteiger partial charge < -0.3 is 5.11 Å². The molecule has 22 heavy (non-hydrogen) atoms. The molecular weight excluding hydrogens is 321 g/mol. The summed E-state index contributed by atoms with van der Waals surface area (Å²) in [6.07, 6.45) is -3.80. The van der Waals surface area contributed by atoms with E-state index in [-0.39, 0.29) is 22.2 Å². The molecule has 0 radical (unpaired) electrons. The van der Waals surface area contributed by atoms with Crippen molar-refractivity contribution in [2.45, 2.75) is 22.7 Å². The molecule has 1 N–H and O–H groups in total. The molecule has 116 valence electrons. The molecule has 1 aromatic heterocycles. The Morgan fingerprint density at radius 2 is 2.00 bits per heavy atom. The monoisotopic (exact) mass is 330 g/mol. The van der Waals surface area contributed by atoms with E-state index in [4.69, 9.17) is 5.11 Å². The van der Waals surface area contributed by atoms with Crippen molar-refractivity contribution in [2.75, 3.05) is 0 Å². The average Bonchev–Trinajstić information content (AvgIpc) is 2.47. The van der Waals surface area contributed by atoms with Crippen LogP contribution in [0.15, 0.2) is 46.5 Å². The lowest BCUT2D eigenvalue weighted by Crippen LogP contribution is -2.05. The van der Waals surface area contributed by atoms with E-state index in [1.807, 2.05) is 0 Å². The van der Waals surface area contributed by atoms with Crippen LogP contribution in [0.2, 0.25) is 0 Å². The fourth-order valence-corrected chi connectivity index (χ4v) is 2.45. The van der Waals surface area contributed by atoms with Crippen LogP contribution in [-0.4, -0.2) is 15.0 Å². The number of aliphatic hydroxyl groups excluding tert-OH is 1. The molecule has 0 saturated heterocycles. The summed E-state index contributed by atoms with van der Waals surface area (Å²) in [6.45, 7) is -0.343. The van der Waals surface area contributed by atoms with Gasteiger partial charge in [-0.3, -0.25) is 10.1 Å². The summed E-state index contributed by atoms with van der Waals surface area (Å²) in [5.41, 5.74) is -0.753. The van der Waals surface area contributed by atoms with Crippen LogP contribution in [0, 0.1) is 10.1 Å². The minimum Gasteiger partial charge on any atom is -0.392 e. The number of rotatable bonds is 4. The summed E-state index contributed by atoms with van der Waals surface area (Å²) in [5.74, 6) is 0. The topological polar surface area (TPSA) is 76.3 Å². The molecule has 0 amide bonds. The number of aromatic nitrogens is 1. The van der Waals surface area contributed by atoms with Crippen molar-refractivity contribution < 1.29 is 23.2 Å². The molecule has 2 rings (SSSR count). The summed E-state index contributed by atoms with van der Waals surface area (Å²) >= 11 is 0.879. The zero-order valence-electron chi connectivity index (χ0n) is 10.9. The number of nitro benzene ring substituents is 1. The molecule has 0 aliphatic rings. The van der Waals surface area contributed by atoms with Crippen molar-refractivity contribution >= 4 is 17.4 Å². The Kier molecular flexibility index (Phi) is 4.67. The number of pyridine rings is 1. The van der Waals surface area contributed by atoms with Crippen LogP contribution in [-0.2, 0) is 12.8 Å². The zero-order valence-corrected chi connectivity index (χ0v) is 11.7. The smallest absolute Gasteiger partial charge is 0.392 e. The van der Waals surface area contributed by atoms with E-state index in [1.165, 1.54) is 18.2 Å². The highest BCUT2D eigenvalue weighted by Gasteiger charge is 2.30. The third-order valence-corrected chi connectivity index (χ3v) is 3.70. The van der Waals surface area contributed by atoms with Crippen LogP contribution in [0.1, 0.15) is 11.1 Å². The number of benzene rings is 1. The highest BCUT2D eigenvalue weighted by Crippen LogP contribution is 2.35. The Morgan fingerprint density at radius 1 is 1.27 bits per heavy atom. The fourth-order valence-electron chi connectivity index (χ4n) is 1.61. The van der Waals surface area contributed by atoms with E-state index >= 15 is 0 Å². The van der Waals surface area contributed by atoms with Crippen molar-refractivity contribution in [3.63, 3.8) is 0 Å². The molecule has 0 fully saturated rings. The summed E-state index contributed by atoms with van der Waals surface area (Å²) in [6, 6.07) is 6.15. The molecular formula is C13H9F3N2O3S. The van der Waals surface area contributed by atoms with Gasteiger partial charge >= 0.3 is 6.18 Å². The summed E-state index contributed by atoms with van der Waals surface area (Å²) in [7, 11) is 0. The molecule has 0 unspecified atom stereocenters. The molecule has 0 spiro atoms. The second-order valence-corrected chi connectivity index (χ2v) is 5.26. The minimum atomic E-state index is -4.48. The van der Waals surface area contributed by atoms with Crippen molar-refractivity contribution in [3.05, 3.63) is 57.8 Å². The number of aliphatic hydroxyl groups is 1. The van der Waals surface area contributed by atoms with Crippen LogP contribution >= 0.6 is 11.8 Å². The molecule has 2 aromatic rings. The lowest BCUT2D eigenvalue weighted by molar-refractivity contribution is -0.387. The molecule has 1 heterocycles. The Labute approximate surface area is 127 Å². The van der Waals surface area contributed by atoms with Crippen LogP contribution in [0.4, 0.5) is 18.9 Å². The summed E-state index contributed by atoms with van der Waals surface area (Å²) in [4.78, 5) is 14.3. The van der Waals surface area contributed by atoms with Gasteiger partial charge in [-0.05, 0) is 23.8 Å². The lowest BCUT2D eigenvalue weighted by Gasteiger charge is -2.07. The Morgan fingerprint density at radius 3 is 2.50 bits per heavy atom. The van der Waals surface area contributed by atoms with E-state index in [2.05, 4.69) is 4.98 Å². The number of nitro groups is 1. The Balaban J connectivity index is 2.29. The predicted octanol–water partition coefficient (Wildman–Crippen LogP) is 3.65. The maximum atomic E-state index is 12.4. The average molecular weight is 330 g/mol. The highest BCUT2D eigenvalue weighted by molar-refractivity contribution is 7.99. The van der Waals surface area contributed by atoms with Crippen molar-refractivity contribution in [3.8, 4) is 0 Å². The fraction of sp³-hybridized carbons (Fsp3) is 0.154. The zero-order chi connectivity index (χ0) is 16.3. The normalized spacial score (nSPS) is 11.5. The van der Waals surface area contributed by atoms with Crippen LogP contribution < -0.4 is 0 Å². The van der Waals surface area contributed by atoms with E-state index in [1.54, 1.807) is 0 Å². The van der Waals surface area contributed by atoms with Gasteiger partial charge in [0.2, 0.25) is 0 Å². The molecule has 0 saturated carbocycles. The van der Waals surface area contributed by atoms with E-state index in [9.17, 15) is 23.3 Å². The van der Waals surface area contributed by atoms with Gasteiger partial charge in [0.05, 0.1) is 22.0 Å². The first-order chi connectivity index (χ1) is 10.3. The molecule has 0 aliphatic carbocycles. The second-order valence-electron chi connectivity index (χ2n) is 4.20. The van der Waals surface area contributed by atoms with Gasteiger partial charge in [0, 0.05) is 12.3 Å². The number of hydrogen-bond acceptors (Lipinski definition) is 5. The van der Waals surface area contributed by atoms with Gasteiger partial charge in [-0.2, -0.15) is 13.2 Å². The van der Waals surface area contributed by atoms with Gasteiger partial charge in [0.25, 0.3) is 5.69 Å². The van der Waals surface area contributed by atoms with E-state index < -0.39 is 16.7 Å². The second kappa shape index (κ2) is 6.32. The van der Waals surface area contributed by atoms with E-state index in [0.29, 0.717) is 11.8 Å². The van der Waals surface area contributed by atoms with Gasteiger partial charge in [0.1, 0.15) is 5.03 Å². The predicted molar refractivity (Wildman–Crippen MR) is 72.4 cm³/mol. The maximum absolute atomic E-state index is 12.4. The molecule has 0 atom stereocenters. The Bertz CT molecular complexity index is 690. The van der Waals surface area contributed by atoms with Crippen molar-refractivity contribution in [1.82, 2.24) is 4.98 Å². The first-order valence-corrected chi connectivity index (χ1v) is 6.72. The van der Waals surface area contributed by atoms with Gasteiger partial charge in [-0.1, -0.05) is 17.8 Å². The highest BCUT2D eigenvalue weighted by atomic mass is 32.2. The minimum absolute atomic E-state index is 0.202. The lowest BCUT2D eigenvalue weighted by atomic mass is 10.2. The first kappa shape index (κ1) is 16.2. The van der Waals surface area contributed by atoms with Crippen LogP contribution in [0.25, 0.3) is 0 Å². The number of alkyl halides is 3. The molecule has 9 heteroatoms. The molecule has 1 aromatic carbocycles. The number of hydrogen-bond donors (Lipinski definition) is 1. The Hall–Kier alpha value is -2.13. The molecule has 5 nitrogen and oxygen atoms in total. The number of halogens is 3. The van der Waals surface area contributed by atoms with Gasteiger partial charge in [-0.15, -0.1) is 0 Å². The SMILES string of the molecule is O=[N+]([O-])c1cc(CO)ccc1Sc1ccc(C(F)(F)F)cn1. The largest absolute Gasteiger partial charge is 0.417 e. The van der Waals surface area contributed by atoms with Crippen molar-refractivity contribution in [2.24, 2.45) is 0 Å². The van der Waals surface area contributed by atoms with Gasteiger partial charge in [-0.25, -0.2) is 4.98 Å². The van der Waals surface area contributed by atoms with Crippen molar-refractivity contribution in [1.29, 1.82) is 0 Å². The maximum Gasteiger partial charge on any atom is 0.417 e. The number of nitrogens with zero attached hydrogens (tertiary/aromatic N) is 2. The third-order valence-electron chi connectivity index (χ3n) is 2.68. The van der Waals surface area contributed by atoms with Gasteiger partial charge in [0.15, 0.2) is 0 Å². The molecule has 0 aliphatic heterocycles. The first-order valence-electron chi connectivity index (χ1n) is 5.90. The quantitative estimate of drug-likeness (QED) is 0.684. The molecule has 0 bridgehead atoms. The van der Waals surface area contributed by atoms with Crippen LogP contribution in [0.5, 0.6) is 0 Å².